The molecule has 4 heteroatoms. The first-order chi connectivity index (χ1) is 8.57. The first-order valence-corrected chi connectivity index (χ1v) is 5.60. The van der Waals surface area contributed by atoms with E-state index in [1.165, 1.54) is 0 Å². The van der Waals surface area contributed by atoms with Crippen LogP contribution in [-0.2, 0) is 16.0 Å². The number of carbonyl (C=O) groups is 2. The zero-order valence-electron chi connectivity index (χ0n) is 10.0. The van der Waals surface area contributed by atoms with E-state index >= 15 is 0 Å². The van der Waals surface area contributed by atoms with Crippen LogP contribution in [0.2, 0.25) is 0 Å². The largest absolute Gasteiger partial charge is 0.445 e. The highest BCUT2D eigenvalue weighted by atomic mass is 16.6. The molecule has 18 heavy (non-hydrogen) atoms. The molecule has 0 spiro atoms. The van der Waals surface area contributed by atoms with Crippen LogP contribution < -0.4 is 5.32 Å². The zero-order valence-corrected chi connectivity index (χ0v) is 10.0. The van der Waals surface area contributed by atoms with Gasteiger partial charge in [0.1, 0.15) is 0 Å². The maximum atomic E-state index is 12.0. The number of amides is 1. The summed E-state index contributed by atoms with van der Waals surface area (Å²) < 4.78 is 5.24. The Hall–Kier alpha value is -2.28. The number of ether oxygens (including phenoxy) is 1. The van der Waals surface area contributed by atoms with Crippen molar-refractivity contribution < 1.29 is 14.3 Å². The van der Waals surface area contributed by atoms with Gasteiger partial charge in [-0.2, -0.15) is 0 Å². The van der Waals surface area contributed by atoms with Gasteiger partial charge in [-0.1, -0.05) is 24.1 Å². The molecular weight excluding hydrogens is 230 g/mol. The minimum atomic E-state index is -1.19. The van der Waals surface area contributed by atoms with Gasteiger partial charge in [0.2, 0.25) is 0 Å². The molecule has 0 fully saturated rings. The monoisotopic (exact) mass is 243 g/mol. The fraction of sp³-hybridized carbons (Fsp3) is 0.286. The fourth-order valence-electron chi connectivity index (χ4n) is 1.98. The lowest BCUT2D eigenvalue weighted by Gasteiger charge is -2.32. The Morgan fingerprint density at radius 3 is 3.00 bits per heavy atom. The summed E-state index contributed by atoms with van der Waals surface area (Å²) >= 11 is 0. The lowest BCUT2D eigenvalue weighted by Crippen LogP contribution is -2.51. The molecule has 0 saturated heterocycles. The van der Waals surface area contributed by atoms with Crippen molar-refractivity contribution in [2.45, 2.75) is 18.9 Å². The number of hydrogen-bond donors (Lipinski definition) is 1. The number of fused-ring (bicyclic) bond motifs is 1. The van der Waals surface area contributed by atoms with E-state index in [0.29, 0.717) is 12.0 Å². The molecule has 1 N–H and O–H groups in total. The summed E-state index contributed by atoms with van der Waals surface area (Å²) in [5, 5.41) is 2.54. The molecule has 4 nitrogen and oxygen atoms in total. The molecule has 1 aliphatic rings. The third-order valence-electron chi connectivity index (χ3n) is 2.91. The van der Waals surface area contributed by atoms with Crippen LogP contribution in [0.4, 0.5) is 0 Å². The molecule has 0 saturated carbocycles. The fourth-order valence-corrected chi connectivity index (χ4v) is 1.98. The van der Waals surface area contributed by atoms with Crippen LogP contribution in [0.1, 0.15) is 22.8 Å². The first-order valence-electron chi connectivity index (χ1n) is 5.60. The van der Waals surface area contributed by atoms with E-state index in [1.807, 2.05) is 12.1 Å². The van der Waals surface area contributed by atoms with Gasteiger partial charge in [-0.15, -0.1) is 6.42 Å². The lowest BCUT2D eigenvalue weighted by atomic mass is 9.89. The quantitative estimate of drug-likeness (QED) is 0.620. The Bertz CT molecular complexity index is 544. The number of carbonyl (C=O) groups excluding carboxylic acids is 2. The van der Waals surface area contributed by atoms with Crippen LogP contribution in [0.15, 0.2) is 24.3 Å². The molecule has 1 amide bonds. The standard InChI is InChI=1S/C14H13NO3/c1-3-8-15-13(17)14(2)9-10-6-4-5-7-11(10)12(16)18-14/h1,4-7H,8-9H2,2H3,(H,15,17). The molecule has 1 aromatic rings. The lowest BCUT2D eigenvalue weighted by molar-refractivity contribution is -0.139. The van der Waals surface area contributed by atoms with Crippen molar-refractivity contribution in [1.29, 1.82) is 0 Å². The van der Waals surface area contributed by atoms with Crippen LogP contribution in [0, 0.1) is 12.3 Å². The normalized spacial score (nSPS) is 21.4. The molecule has 1 unspecified atom stereocenters. The molecule has 1 aliphatic heterocycles. The van der Waals surface area contributed by atoms with E-state index in [2.05, 4.69) is 11.2 Å². The Morgan fingerprint density at radius 2 is 2.28 bits per heavy atom. The first kappa shape index (κ1) is 12.2. The molecule has 1 aromatic carbocycles. The average Bonchev–Trinajstić information content (AvgIpc) is 2.35. The van der Waals surface area contributed by atoms with Crippen molar-refractivity contribution in [3.05, 3.63) is 35.4 Å². The maximum Gasteiger partial charge on any atom is 0.339 e. The van der Waals surface area contributed by atoms with E-state index < -0.39 is 11.6 Å². The summed E-state index contributed by atoms with van der Waals surface area (Å²) in [6, 6.07) is 7.11. The molecule has 0 aromatic heterocycles. The van der Waals surface area contributed by atoms with Crippen LogP contribution in [0.25, 0.3) is 0 Å². The van der Waals surface area contributed by atoms with Gasteiger partial charge in [0.15, 0.2) is 5.60 Å². The van der Waals surface area contributed by atoms with Gasteiger partial charge in [0.05, 0.1) is 12.1 Å². The number of benzene rings is 1. The molecule has 0 radical (unpaired) electrons. The van der Waals surface area contributed by atoms with E-state index in [9.17, 15) is 9.59 Å². The smallest absolute Gasteiger partial charge is 0.339 e. The summed E-state index contributed by atoms with van der Waals surface area (Å²) in [4.78, 5) is 23.8. The number of terminal acetylenes is 1. The van der Waals surface area contributed by atoms with E-state index in [1.54, 1.807) is 19.1 Å². The topological polar surface area (TPSA) is 55.4 Å². The van der Waals surface area contributed by atoms with Gasteiger partial charge in [-0.3, -0.25) is 4.79 Å². The minimum absolute atomic E-state index is 0.119. The van der Waals surface area contributed by atoms with Crippen molar-refractivity contribution >= 4 is 11.9 Å². The summed E-state index contributed by atoms with van der Waals surface area (Å²) in [6.07, 6.45) is 5.43. The Morgan fingerprint density at radius 1 is 1.56 bits per heavy atom. The van der Waals surface area contributed by atoms with Crippen molar-refractivity contribution in [2.24, 2.45) is 0 Å². The highest BCUT2D eigenvalue weighted by Gasteiger charge is 2.42. The molecule has 2 rings (SSSR count). The number of nitrogens with one attached hydrogen (secondary N) is 1. The summed E-state index contributed by atoms with van der Waals surface area (Å²) in [7, 11) is 0. The highest BCUT2D eigenvalue weighted by molar-refractivity contribution is 5.97. The minimum Gasteiger partial charge on any atom is -0.445 e. The van der Waals surface area contributed by atoms with Gasteiger partial charge < -0.3 is 10.1 Å². The number of cyclic esters (lactones) is 1. The second-order valence-corrected chi connectivity index (χ2v) is 4.34. The number of hydrogen-bond acceptors (Lipinski definition) is 3. The summed E-state index contributed by atoms with van der Waals surface area (Å²) in [6.45, 7) is 1.71. The third kappa shape index (κ3) is 2.07. The van der Waals surface area contributed by atoms with E-state index in [4.69, 9.17) is 11.2 Å². The molecule has 1 atom stereocenters. The molecule has 1 heterocycles. The maximum absolute atomic E-state index is 12.0. The van der Waals surface area contributed by atoms with Crippen LogP contribution in [0.3, 0.4) is 0 Å². The molecule has 0 bridgehead atoms. The van der Waals surface area contributed by atoms with E-state index in [-0.39, 0.29) is 12.5 Å². The Kier molecular flexibility index (Phi) is 3.07. The molecule has 0 aliphatic carbocycles. The number of rotatable bonds is 2. The number of esters is 1. The van der Waals surface area contributed by atoms with Crippen LogP contribution in [-0.4, -0.2) is 24.0 Å². The highest BCUT2D eigenvalue weighted by Crippen LogP contribution is 2.28. The summed E-state index contributed by atoms with van der Waals surface area (Å²) in [5.74, 6) is 1.46. The SMILES string of the molecule is C#CCNC(=O)C1(C)Cc2ccccc2C(=O)O1. The van der Waals surface area contributed by atoms with Gasteiger partial charge in [-0.25, -0.2) is 4.79 Å². The van der Waals surface area contributed by atoms with Crippen LogP contribution in [0.5, 0.6) is 0 Å². The average molecular weight is 243 g/mol. The van der Waals surface area contributed by atoms with Gasteiger partial charge >= 0.3 is 5.97 Å². The second-order valence-electron chi connectivity index (χ2n) is 4.34. The summed E-state index contributed by atoms with van der Waals surface area (Å²) in [5.41, 5.74) is 0.134. The third-order valence-corrected chi connectivity index (χ3v) is 2.91. The van der Waals surface area contributed by atoms with Gasteiger partial charge in [0, 0.05) is 6.42 Å². The van der Waals surface area contributed by atoms with E-state index in [0.717, 1.165) is 5.56 Å². The van der Waals surface area contributed by atoms with Crippen molar-refractivity contribution in [3.63, 3.8) is 0 Å². The predicted octanol–water partition coefficient (Wildman–Crippen LogP) is 0.908. The molecular formula is C14H13NO3. The van der Waals surface area contributed by atoms with Gasteiger partial charge in [0.25, 0.3) is 5.91 Å². The Labute approximate surface area is 105 Å². The van der Waals surface area contributed by atoms with Crippen molar-refractivity contribution in [2.75, 3.05) is 6.54 Å². The predicted molar refractivity (Wildman–Crippen MR) is 65.8 cm³/mol. The van der Waals surface area contributed by atoms with Crippen molar-refractivity contribution in [3.8, 4) is 12.3 Å². The zero-order chi connectivity index (χ0) is 13.2. The Balaban J connectivity index is 2.27. The van der Waals surface area contributed by atoms with Crippen molar-refractivity contribution in [1.82, 2.24) is 5.32 Å². The van der Waals surface area contributed by atoms with Crippen LogP contribution >= 0.6 is 0 Å². The molecule has 92 valence electrons. The second kappa shape index (κ2) is 4.53. The van der Waals surface area contributed by atoms with Gasteiger partial charge in [-0.05, 0) is 18.6 Å².